The van der Waals surface area contributed by atoms with Crippen molar-refractivity contribution in [3.05, 3.63) is 71.3 Å². The third-order valence-corrected chi connectivity index (χ3v) is 3.93. The third-order valence-electron chi connectivity index (χ3n) is 3.93. The number of aliphatic hydroxyl groups is 1. The summed E-state index contributed by atoms with van der Waals surface area (Å²) in [7, 11) is 0. The molecule has 2 heteroatoms. The Morgan fingerprint density at radius 1 is 1.00 bits per heavy atom. The molecule has 2 N–H and O–H groups in total. The van der Waals surface area contributed by atoms with Gasteiger partial charge in [0.2, 0.25) is 0 Å². The molecule has 0 fully saturated rings. The highest BCUT2D eigenvalue weighted by atomic mass is 16.3. The molecular formula is C17H16O2. The summed E-state index contributed by atoms with van der Waals surface area (Å²) in [6, 6.07) is 15.3. The molecule has 0 amide bonds. The standard InChI is InChI=1S/C17H16O2/c18-12-17(14-7-9-15(19)10-8-14)11-3-5-13-4-1-2-6-16(13)17/h1-10,18-19H,11-12H2/t17-/m1/s1. The SMILES string of the molecule is OC[C@@]1(c2ccc(O)cc2)CC=Cc2ccccc21. The smallest absolute Gasteiger partial charge is 0.115 e. The number of fused-ring (bicyclic) bond motifs is 1. The number of benzene rings is 2. The van der Waals surface area contributed by atoms with Gasteiger partial charge in [-0.3, -0.25) is 0 Å². The molecule has 0 unspecified atom stereocenters. The summed E-state index contributed by atoms with van der Waals surface area (Å²) in [6.07, 6.45) is 4.97. The second-order valence-electron chi connectivity index (χ2n) is 4.98. The van der Waals surface area contributed by atoms with Crippen molar-refractivity contribution in [2.75, 3.05) is 6.61 Å². The molecule has 19 heavy (non-hydrogen) atoms. The highest BCUT2D eigenvalue weighted by Crippen LogP contribution is 2.41. The zero-order valence-electron chi connectivity index (χ0n) is 10.6. The van der Waals surface area contributed by atoms with Crippen molar-refractivity contribution >= 4 is 6.08 Å². The van der Waals surface area contributed by atoms with E-state index in [1.165, 1.54) is 0 Å². The van der Waals surface area contributed by atoms with Crippen LogP contribution in [0.25, 0.3) is 6.08 Å². The van der Waals surface area contributed by atoms with Crippen molar-refractivity contribution < 1.29 is 10.2 Å². The monoisotopic (exact) mass is 252 g/mol. The Labute approximate surface area is 112 Å². The molecule has 96 valence electrons. The number of allylic oxidation sites excluding steroid dienone is 1. The predicted molar refractivity (Wildman–Crippen MR) is 76.1 cm³/mol. The van der Waals surface area contributed by atoms with Crippen molar-refractivity contribution in [1.82, 2.24) is 0 Å². The van der Waals surface area contributed by atoms with Crippen LogP contribution in [-0.4, -0.2) is 16.8 Å². The first-order valence-electron chi connectivity index (χ1n) is 6.43. The van der Waals surface area contributed by atoms with Crippen LogP contribution in [0.5, 0.6) is 5.75 Å². The minimum Gasteiger partial charge on any atom is -0.508 e. The lowest BCUT2D eigenvalue weighted by Crippen LogP contribution is -2.33. The molecule has 0 radical (unpaired) electrons. The average molecular weight is 252 g/mol. The maximum atomic E-state index is 10.0. The van der Waals surface area contributed by atoms with Crippen molar-refractivity contribution in [2.45, 2.75) is 11.8 Å². The van der Waals surface area contributed by atoms with Gasteiger partial charge in [-0.1, -0.05) is 48.6 Å². The van der Waals surface area contributed by atoms with Gasteiger partial charge in [-0.05, 0) is 35.2 Å². The average Bonchev–Trinajstić information content (AvgIpc) is 2.47. The molecule has 0 aliphatic heterocycles. The molecule has 0 aromatic heterocycles. The Kier molecular flexibility index (Phi) is 2.88. The quantitative estimate of drug-likeness (QED) is 0.862. The Morgan fingerprint density at radius 3 is 2.47 bits per heavy atom. The number of rotatable bonds is 2. The summed E-state index contributed by atoms with van der Waals surface area (Å²) < 4.78 is 0. The number of aromatic hydroxyl groups is 1. The lowest BCUT2D eigenvalue weighted by molar-refractivity contribution is 0.219. The highest BCUT2D eigenvalue weighted by molar-refractivity contribution is 5.62. The van der Waals surface area contributed by atoms with E-state index in [2.05, 4.69) is 24.3 Å². The molecule has 0 saturated carbocycles. The molecule has 0 spiro atoms. The molecule has 1 aliphatic carbocycles. The molecule has 2 nitrogen and oxygen atoms in total. The van der Waals surface area contributed by atoms with Gasteiger partial charge in [0.25, 0.3) is 0 Å². The molecule has 1 aliphatic rings. The summed E-state index contributed by atoms with van der Waals surface area (Å²) in [5.41, 5.74) is 2.92. The van der Waals surface area contributed by atoms with Crippen molar-refractivity contribution in [1.29, 1.82) is 0 Å². The molecule has 2 aromatic rings. The predicted octanol–water partition coefficient (Wildman–Crippen LogP) is 3.09. The lowest BCUT2D eigenvalue weighted by atomic mass is 9.69. The first kappa shape index (κ1) is 12.0. The van der Waals surface area contributed by atoms with Gasteiger partial charge >= 0.3 is 0 Å². The third kappa shape index (κ3) is 1.85. The van der Waals surface area contributed by atoms with Crippen LogP contribution in [0.15, 0.2) is 54.6 Å². The Balaban J connectivity index is 2.19. The Bertz CT molecular complexity index is 613. The number of phenols is 1. The molecule has 0 saturated heterocycles. The van der Waals surface area contributed by atoms with Gasteiger partial charge in [-0.15, -0.1) is 0 Å². The van der Waals surface area contributed by atoms with E-state index in [9.17, 15) is 10.2 Å². The highest BCUT2D eigenvalue weighted by Gasteiger charge is 2.35. The number of hydrogen-bond donors (Lipinski definition) is 2. The lowest BCUT2D eigenvalue weighted by Gasteiger charge is -2.36. The Hall–Kier alpha value is -2.06. The van der Waals surface area contributed by atoms with E-state index in [4.69, 9.17) is 0 Å². The van der Waals surface area contributed by atoms with E-state index < -0.39 is 5.41 Å². The maximum absolute atomic E-state index is 10.0. The number of hydrogen-bond acceptors (Lipinski definition) is 2. The second kappa shape index (κ2) is 4.56. The van der Waals surface area contributed by atoms with Crippen LogP contribution in [0.4, 0.5) is 0 Å². The first-order valence-corrected chi connectivity index (χ1v) is 6.43. The van der Waals surface area contributed by atoms with Gasteiger partial charge in [0.1, 0.15) is 5.75 Å². The second-order valence-corrected chi connectivity index (χ2v) is 4.98. The van der Waals surface area contributed by atoms with Crippen LogP contribution in [0, 0.1) is 0 Å². The molecular weight excluding hydrogens is 236 g/mol. The van der Waals surface area contributed by atoms with Crippen LogP contribution < -0.4 is 0 Å². The zero-order chi connectivity index (χ0) is 13.3. The Morgan fingerprint density at radius 2 is 1.74 bits per heavy atom. The topological polar surface area (TPSA) is 40.5 Å². The van der Waals surface area contributed by atoms with E-state index in [1.807, 2.05) is 24.3 Å². The largest absolute Gasteiger partial charge is 0.508 e. The van der Waals surface area contributed by atoms with Crippen LogP contribution in [-0.2, 0) is 5.41 Å². The summed E-state index contributed by atoms with van der Waals surface area (Å²) in [6.45, 7) is 0.0547. The fourth-order valence-corrected chi connectivity index (χ4v) is 2.87. The molecule has 0 heterocycles. The fraction of sp³-hybridized carbons (Fsp3) is 0.176. The minimum atomic E-state index is -0.404. The van der Waals surface area contributed by atoms with Crippen LogP contribution in [0.1, 0.15) is 23.1 Å². The number of aliphatic hydroxyl groups excluding tert-OH is 1. The first-order chi connectivity index (χ1) is 9.26. The minimum absolute atomic E-state index is 0.0547. The summed E-state index contributed by atoms with van der Waals surface area (Å²) in [5, 5.41) is 19.4. The van der Waals surface area contributed by atoms with E-state index in [1.54, 1.807) is 12.1 Å². The summed E-state index contributed by atoms with van der Waals surface area (Å²) in [4.78, 5) is 0. The molecule has 1 atom stereocenters. The molecule has 2 aromatic carbocycles. The zero-order valence-corrected chi connectivity index (χ0v) is 10.6. The molecule has 0 bridgehead atoms. The van der Waals surface area contributed by atoms with Crippen LogP contribution in [0.2, 0.25) is 0 Å². The van der Waals surface area contributed by atoms with Gasteiger partial charge in [0.05, 0.1) is 6.61 Å². The van der Waals surface area contributed by atoms with Gasteiger partial charge in [-0.25, -0.2) is 0 Å². The van der Waals surface area contributed by atoms with E-state index in [0.29, 0.717) is 0 Å². The number of phenolic OH excluding ortho intramolecular Hbond substituents is 1. The van der Waals surface area contributed by atoms with E-state index in [-0.39, 0.29) is 12.4 Å². The summed E-state index contributed by atoms with van der Waals surface area (Å²) in [5.74, 6) is 0.247. The van der Waals surface area contributed by atoms with Crippen LogP contribution >= 0.6 is 0 Å². The van der Waals surface area contributed by atoms with Gasteiger partial charge < -0.3 is 10.2 Å². The van der Waals surface area contributed by atoms with Crippen molar-refractivity contribution in [2.24, 2.45) is 0 Å². The van der Waals surface area contributed by atoms with Gasteiger partial charge in [-0.2, -0.15) is 0 Å². The normalized spacial score (nSPS) is 21.1. The summed E-state index contributed by atoms with van der Waals surface area (Å²) >= 11 is 0. The van der Waals surface area contributed by atoms with Crippen molar-refractivity contribution in [3.63, 3.8) is 0 Å². The van der Waals surface area contributed by atoms with Crippen LogP contribution in [0.3, 0.4) is 0 Å². The maximum Gasteiger partial charge on any atom is 0.115 e. The molecule has 3 rings (SSSR count). The van der Waals surface area contributed by atoms with Gasteiger partial charge in [0, 0.05) is 5.41 Å². The van der Waals surface area contributed by atoms with Gasteiger partial charge in [0.15, 0.2) is 0 Å². The van der Waals surface area contributed by atoms with E-state index in [0.717, 1.165) is 23.1 Å². The fourth-order valence-electron chi connectivity index (χ4n) is 2.87. The van der Waals surface area contributed by atoms with E-state index >= 15 is 0 Å². The van der Waals surface area contributed by atoms with Crippen molar-refractivity contribution in [3.8, 4) is 5.75 Å².